The fraction of sp³-hybridized carbons (Fsp3) is 0.192. The number of fused-ring (bicyclic) bond motifs is 1. The molecule has 0 spiro atoms. The summed E-state index contributed by atoms with van der Waals surface area (Å²) < 4.78 is 16.5. The Kier molecular flexibility index (Phi) is 5.67. The first-order chi connectivity index (χ1) is 15.0. The van der Waals surface area contributed by atoms with E-state index in [4.69, 9.17) is 14.2 Å². The van der Waals surface area contributed by atoms with E-state index in [-0.39, 0.29) is 11.9 Å². The third kappa shape index (κ3) is 3.99. The minimum absolute atomic E-state index is 0.247. The van der Waals surface area contributed by atoms with E-state index in [1.165, 1.54) is 0 Å². The Balaban J connectivity index is 1.77. The van der Waals surface area contributed by atoms with Crippen molar-refractivity contribution in [2.45, 2.75) is 19.8 Å². The molecule has 4 rings (SSSR count). The number of carbonyl (C=O) groups is 1. The summed E-state index contributed by atoms with van der Waals surface area (Å²) in [5, 5.41) is 1.03. The SMILES string of the molecule is COc1ccc(-c2[nH]c3ccc(OC(=O)c4ccccc4)cc3c2C(C)C)cc1OC. The molecule has 4 aromatic rings. The average Bonchev–Trinajstić information content (AvgIpc) is 3.18. The first-order valence-corrected chi connectivity index (χ1v) is 10.2. The second-order valence-electron chi connectivity index (χ2n) is 7.60. The third-order valence-corrected chi connectivity index (χ3v) is 5.28. The number of benzene rings is 3. The fourth-order valence-electron chi connectivity index (χ4n) is 3.81. The summed E-state index contributed by atoms with van der Waals surface area (Å²) in [6, 6.07) is 20.5. The lowest BCUT2D eigenvalue weighted by Gasteiger charge is -2.12. The van der Waals surface area contributed by atoms with E-state index in [1.807, 2.05) is 54.6 Å². The van der Waals surface area contributed by atoms with Crippen molar-refractivity contribution >= 4 is 16.9 Å². The van der Waals surface area contributed by atoms with Gasteiger partial charge < -0.3 is 19.2 Å². The van der Waals surface area contributed by atoms with Gasteiger partial charge in [-0.3, -0.25) is 0 Å². The molecule has 0 unspecified atom stereocenters. The largest absolute Gasteiger partial charge is 0.493 e. The van der Waals surface area contributed by atoms with Crippen LogP contribution in [0.4, 0.5) is 0 Å². The molecule has 3 aromatic carbocycles. The molecule has 0 aliphatic carbocycles. The molecule has 0 aliphatic heterocycles. The molecule has 0 fully saturated rings. The van der Waals surface area contributed by atoms with Gasteiger partial charge in [-0.25, -0.2) is 4.79 Å². The van der Waals surface area contributed by atoms with E-state index < -0.39 is 0 Å². The Hall–Kier alpha value is -3.73. The standard InChI is InChI=1S/C26H25NO4/c1-16(2)24-20-15-19(31-26(28)17-8-6-5-7-9-17)11-12-21(20)27-25(24)18-10-13-22(29-3)23(14-18)30-4/h5-16,27H,1-4H3. The van der Waals surface area contributed by atoms with Gasteiger partial charge in [-0.15, -0.1) is 0 Å². The van der Waals surface area contributed by atoms with Crippen molar-refractivity contribution in [2.75, 3.05) is 14.2 Å². The molecule has 1 aromatic heterocycles. The van der Waals surface area contributed by atoms with Crippen LogP contribution in [0, 0.1) is 0 Å². The van der Waals surface area contributed by atoms with Gasteiger partial charge in [0.15, 0.2) is 11.5 Å². The Morgan fingerprint density at radius 1 is 0.871 bits per heavy atom. The second kappa shape index (κ2) is 8.56. The molecule has 0 atom stereocenters. The smallest absolute Gasteiger partial charge is 0.343 e. The number of hydrogen-bond acceptors (Lipinski definition) is 4. The van der Waals surface area contributed by atoms with E-state index in [2.05, 4.69) is 18.8 Å². The normalized spacial score (nSPS) is 11.0. The van der Waals surface area contributed by atoms with Gasteiger partial charge in [0.1, 0.15) is 5.75 Å². The molecule has 158 valence electrons. The van der Waals surface area contributed by atoms with Crippen molar-refractivity contribution in [3.8, 4) is 28.5 Å². The highest BCUT2D eigenvalue weighted by atomic mass is 16.5. The molecule has 5 nitrogen and oxygen atoms in total. The van der Waals surface area contributed by atoms with E-state index >= 15 is 0 Å². The average molecular weight is 415 g/mol. The summed E-state index contributed by atoms with van der Waals surface area (Å²) in [4.78, 5) is 16.0. The van der Waals surface area contributed by atoms with Gasteiger partial charge in [0, 0.05) is 16.5 Å². The monoisotopic (exact) mass is 415 g/mol. The van der Waals surface area contributed by atoms with Crippen molar-refractivity contribution in [3.05, 3.63) is 77.9 Å². The molecule has 0 aliphatic rings. The van der Waals surface area contributed by atoms with Gasteiger partial charge in [0.25, 0.3) is 0 Å². The molecule has 0 radical (unpaired) electrons. The number of esters is 1. The van der Waals surface area contributed by atoms with Crippen LogP contribution in [-0.2, 0) is 0 Å². The van der Waals surface area contributed by atoms with Crippen molar-refractivity contribution in [3.63, 3.8) is 0 Å². The number of rotatable bonds is 6. The zero-order valence-corrected chi connectivity index (χ0v) is 18.1. The molecule has 31 heavy (non-hydrogen) atoms. The zero-order valence-electron chi connectivity index (χ0n) is 18.1. The maximum atomic E-state index is 12.5. The Bertz CT molecular complexity index is 1230. The molecule has 0 saturated carbocycles. The van der Waals surface area contributed by atoms with Gasteiger partial charge in [-0.2, -0.15) is 0 Å². The number of ether oxygens (including phenoxy) is 3. The summed E-state index contributed by atoms with van der Waals surface area (Å²) in [5.74, 6) is 1.74. The Morgan fingerprint density at radius 2 is 1.61 bits per heavy atom. The van der Waals surface area contributed by atoms with Crippen LogP contribution >= 0.6 is 0 Å². The lowest BCUT2D eigenvalue weighted by molar-refractivity contribution is 0.0735. The highest BCUT2D eigenvalue weighted by molar-refractivity contribution is 5.94. The van der Waals surface area contributed by atoms with Crippen LogP contribution < -0.4 is 14.2 Å². The fourth-order valence-corrected chi connectivity index (χ4v) is 3.81. The quantitative estimate of drug-likeness (QED) is 0.301. The number of nitrogens with one attached hydrogen (secondary N) is 1. The van der Waals surface area contributed by atoms with Gasteiger partial charge in [-0.05, 0) is 60.0 Å². The van der Waals surface area contributed by atoms with E-state index in [0.29, 0.717) is 22.8 Å². The summed E-state index contributed by atoms with van der Waals surface area (Å²) >= 11 is 0. The van der Waals surface area contributed by atoms with Crippen molar-refractivity contribution in [1.29, 1.82) is 0 Å². The number of H-pyrrole nitrogens is 1. The molecular weight excluding hydrogens is 390 g/mol. The van der Waals surface area contributed by atoms with Crippen molar-refractivity contribution in [2.24, 2.45) is 0 Å². The number of methoxy groups -OCH3 is 2. The van der Waals surface area contributed by atoms with Crippen LogP contribution in [0.25, 0.3) is 22.2 Å². The number of aromatic nitrogens is 1. The van der Waals surface area contributed by atoms with E-state index in [0.717, 1.165) is 27.7 Å². The Morgan fingerprint density at radius 3 is 2.29 bits per heavy atom. The van der Waals surface area contributed by atoms with Crippen molar-refractivity contribution in [1.82, 2.24) is 4.98 Å². The van der Waals surface area contributed by atoms with Crippen LogP contribution in [0.1, 0.15) is 35.7 Å². The van der Waals surface area contributed by atoms with E-state index in [9.17, 15) is 4.79 Å². The molecular formula is C26H25NO4. The summed E-state index contributed by atoms with van der Waals surface area (Å²) in [6.45, 7) is 4.30. The molecule has 1 heterocycles. The number of carbonyl (C=O) groups excluding carboxylic acids is 1. The molecule has 0 bridgehead atoms. The number of hydrogen-bond donors (Lipinski definition) is 1. The minimum atomic E-state index is -0.373. The molecule has 0 saturated heterocycles. The third-order valence-electron chi connectivity index (χ3n) is 5.28. The summed E-state index contributed by atoms with van der Waals surface area (Å²) in [7, 11) is 3.25. The molecule has 1 N–H and O–H groups in total. The van der Waals surface area contributed by atoms with E-state index in [1.54, 1.807) is 26.4 Å². The summed E-state index contributed by atoms with van der Waals surface area (Å²) in [6.07, 6.45) is 0. The van der Waals surface area contributed by atoms with Gasteiger partial charge >= 0.3 is 5.97 Å². The lowest BCUT2D eigenvalue weighted by atomic mass is 9.96. The van der Waals surface area contributed by atoms with Crippen LogP contribution in [0.3, 0.4) is 0 Å². The minimum Gasteiger partial charge on any atom is -0.493 e. The first-order valence-electron chi connectivity index (χ1n) is 10.2. The maximum Gasteiger partial charge on any atom is 0.343 e. The molecule has 0 amide bonds. The van der Waals surface area contributed by atoms with Gasteiger partial charge in [0.2, 0.25) is 0 Å². The predicted molar refractivity (Wildman–Crippen MR) is 122 cm³/mol. The van der Waals surface area contributed by atoms with Gasteiger partial charge in [0.05, 0.1) is 25.5 Å². The van der Waals surface area contributed by atoms with Crippen LogP contribution in [-0.4, -0.2) is 25.2 Å². The number of aromatic amines is 1. The van der Waals surface area contributed by atoms with Crippen LogP contribution in [0.15, 0.2) is 66.7 Å². The maximum absolute atomic E-state index is 12.5. The van der Waals surface area contributed by atoms with Gasteiger partial charge in [-0.1, -0.05) is 32.0 Å². The second-order valence-corrected chi connectivity index (χ2v) is 7.60. The van der Waals surface area contributed by atoms with Crippen LogP contribution in [0.2, 0.25) is 0 Å². The predicted octanol–water partition coefficient (Wildman–Crippen LogP) is 6.19. The van der Waals surface area contributed by atoms with Crippen LogP contribution in [0.5, 0.6) is 17.2 Å². The van der Waals surface area contributed by atoms with Crippen molar-refractivity contribution < 1.29 is 19.0 Å². The lowest BCUT2D eigenvalue weighted by Crippen LogP contribution is -2.07. The first kappa shape index (κ1) is 20.5. The molecule has 5 heteroatoms. The summed E-state index contributed by atoms with van der Waals surface area (Å²) in [5.41, 5.74) is 4.66. The zero-order chi connectivity index (χ0) is 22.0. The highest BCUT2D eigenvalue weighted by Crippen LogP contribution is 2.39. The topological polar surface area (TPSA) is 60.5 Å². The highest BCUT2D eigenvalue weighted by Gasteiger charge is 2.19. The Labute approximate surface area is 181 Å².